The molecule has 0 spiro atoms. The molecule has 4 rings (SSSR count). The first-order chi connectivity index (χ1) is 22.3. The number of benzene rings is 1. The third-order valence-corrected chi connectivity index (χ3v) is 7.74. The van der Waals surface area contributed by atoms with E-state index in [4.69, 9.17) is 44.1 Å². The van der Waals surface area contributed by atoms with Gasteiger partial charge in [0.1, 0.15) is 47.8 Å². The Kier molecular flexibility index (Phi) is 12.1. The van der Waals surface area contributed by atoms with E-state index >= 15 is 0 Å². The first kappa shape index (κ1) is 35.9. The summed E-state index contributed by atoms with van der Waals surface area (Å²) in [6, 6.07) is 3.17. The second kappa shape index (κ2) is 15.8. The summed E-state index contributed by atoms with van der Waals surface area (Å²) in [5.41, 5.74) is 0.583. The van der Waals surface area contributed by atoms with E-state index < -0.39 is 47.8 Å². The number of ether oxygens (including phenoxy) is 6. The Hall–Kier alpha value is -3.91. The number of rotatable bonds is 9. The van der Waals surface area contributed by atoms with Crippen molar-refractivity contribution in [2.75, 3.05) is 27.1 Å². The topological polar surface area (TPSA) is 148 Å². The van der Waals surface area contributed by atoms with E-state index in [9.17, 15) is 19.5 Å². The molecule has 3 heterocycles. The quantitative estimate of drug-likeness (QED) is 0.185. The van der Waals surface area contributed by atoms with Crippen LogP contribution in [0.3, 0.4) is 0 Å². The van der Waals surface area contributed by atoms with Gasteiger partial charge in [-0.3, -0.25) is 14.2 Å². The first-order valence-corrected chi connectivity index (χ1v) is 15.2. The van der Waals surface area contributed by atoms with Gasteiger partial charge in [-0.25, -0.2) is 9.78 Å². The fraction of sp³-hybridized carbons (Fsp3) is 0.500. The summed E-state index contributed by atoms with van der Waals surface area (Å²) < 4.78 is 36.0. The minimum absolute atomic E-state index is 0.0142. The first-order valence-electron chi connectivity index (χ1n) is 15.2. The number of imidazole rings is 1. The van der Waals surface area contributed by atoms with Gasteiger partial charge in [0.2, 0.25) is 15.7 Å². The van der Waals surface area contributed by atoms with Crippen molar-refractivity contribution in [3.8, 4) is 11.5 Å². The second-order valence-corrected chi connectivity index (χ2v) is 11.7. The van der Waals surface area contributed by atoms with E-state index in [0.29, 0.717) is 17.7 Å². The minimum atomic E-state index is -0.944. The normalized spacial score (nSPS) is 25.4. The van der Waals surface area contributed by atoms with Gasteiger partial charge in [0, 0.05) is 31.5 Å². The van der Waals surface area contributed by atoms with E-state index in [2.05, 4.69) is 4.98 Å². The van der Waals surface area contributed by atoms with Crippen molar-refractivity contribution in [3.05, 3.63) is 59.7 Å². The standard InChI is InChI=1S/C32H39B2N3O10/c1-19-9-10-23(38)28-24(46-32(3,4)47-28)8-6-7-21-15-22(16-25(44-18-42-5)27(21)29(39)45-20(19)2)43-14-13-36(30(33)40)17-26-35-11-12-37(26)31(34)41/h6-7,9-12,15-16,19-20,23-24,28,38H,8,13-14,17-18H2,1-5H3/b7-6+,10-9-/t19-,20+,23?,24+,28?/m1/s1. The number of nitrogens with zero attached hydrogens (tertiary/aromatic N) is 3. The summed E-state index contributed by atoms with van der Waals surface area (Å²) in [6.45, 7) is 6.98. The molecule has 2 aliphatic rings. The van der Waals surface area contributed by atoms with Crippen LogP contribution in [0.1, 0.15) is 55.9 Å². The number of cyclic esters (lactones) is 1. The summed E-state index contributed by atoms with van der Waals surface area (Å²) in [5, 5.41) is 10.9. The van der Waals surface area contributed by atoms with E-state index in [1.165, 1.54) is 30.5 Å². The number of fused-ring (bicyclic) bond motifs is 2. The van der Waals surface area contributed by atoms with Crippen LogP contribution in [0.15, 0.2) is 42.8 Å². The summed E-state index contributed by atoms with van der Waals surface area (Å²) >= 11 is 0. The zero-order valence-electron chi connectivity index (χ0n) is 27.2. The maximum atomic E-state index is 13.6. The number of esters is 1. The molecule has 1 amide bonds. The lowest BCUT2D eigenvalue weighted by Crippen LogP contribution is -2.34. The highest BCUT2D eigenvalue weighted by atomic mass is 16.8. The van der Waals surface area contributed by atoms with Crippen LogP contribution >= 0.6 is 0 Å². The largest absolute Gasteiger partial charge is 0.492 e. The maximum absolute atomic E-state index is 13.6. The van der Waals surface area contributed by atoms with Crippen LogP contribution < -0.4 is 9.47 Å². The molecule has 2 unspecified atom stereocenters. The fourth-order valence-corrected chi connectivity index (χ4v) is 5.20. The zero-order chi connectivity index (χ0) is 34.3. The second-order valence-electron chi connectivity index (χ2n) is 11.7. The Balaban J connectivity index is 1.64. The molecule has 0 saturated carbocycles. The van der Waals surface area contributed by atoms with E-state index in [0.717, 1.165) is 4.57 Å². The number of aliphatic hydroxyl groups is 1. The number of methoxy groups -OCH3 is 1. The molecule has 1 fully saturated rings. The molecular weight excluding hydrogens is 608 g/mol. The van der Waals surface area contributed by atoms with Gasteiger partial charge in [-0.15, -0.1) is 0 Å². The van der Waals surface area contributed by atoms with Gasteiger partial charge < -0.3 is 38.4 Å². The molecule has 0 bridgehead atoms. The third kappa shape index (κ3) is 9.34. The molecule has 47 heavy (non-hydrogen) atoms. The Bertz CT molecular complexity index is 1490. The van der Waals surface area contributed by atoms with Crippen LogP contribution in [0.5, 0.6) is 11.5 Å². The average molecular weight is 647 g/mol. The van der Waals surface area contributed by atoms with Crippen molar-refractivity contribution in [2.45, 2.75) is 70.9 Å². The van der Waals surface area contributed by atoms with Crippen LogP contribution in [0, 0.1) is 5.92 Å². The highest BCUT2D eigenvalue weighted by Crippen LogP contribution is 2.35. The van der Waals surface area contributed by atoms with Gasteiger partial charge in [-0.1, -0.05) is 31.2 Å². The lowest BCUT2D eigenvalue weighted by Gasteiger charge is -2.23. The maximum Gasteiger partial charge on any atom is 0.342 e. The fourth-order valence-electron chi connectivity index (χ4n) is 5.20. The number of hydrogen-bond acceptors (Lipinski definition) is 11. The molecule has 1 aromatic heterocycles. The Labute approximate surface area is 276 Å². The molecular formula is C32H39B2N3O10. The molecule has 15 heteroatoms. The lowest BCUT2D eigenvalue weighted by atomic mass is 9.99. The van der Waals surface area contributed by atoms with Gasteiger partial charge in [-0.05, 0) is 38.8 Å². The predicted octanol–water partition coefficient (Wildman–Crippen LogP) is 3.21. The van der Waals surface area contributed by atoms with Crippen LogP contribution in [0.4, 0.5) is 9.59 Å². The van der Waals surface area contributed by atoms with Gasteiger partial charge in [0.15, 0.2) is 24.2 Å². The highest BCUT2D eigenvalue weighted by molar-refractivity contribution is 6.57. The molecule has 4 radical (unpaired) electrons. The molecule has 13 nitrogen and oxygen atoms in total. The molecule has 5 atom stereocenters. The van der Waals surface area contributed by atoms with Gasteiger partial charge in [-0.2, -0.15) is 0 Å². The van der Waals surface area contributed by atoms with E-state index in [1.807, 2.05) is 13.0 Å². The number of aromatic nitrogens is 2. The van der Waals surface area contributed by atoms with Gasteiger partial charge >= 0.3 is 5.97 Å². The van der Waals surface area contributed by atoms with Crippen LogP contribution in [-0.2, 0) is 25.5 Å². The van der Waals surface area contributed by atoms with E-state index in [1.54, 1.807) is 45.1 Å². The molecule has 2 aromatic rings. The van der Waals surface area contributed by atoms with Crippen LogP contribution in [-0.4, -0.2) is 110 Å². The SMILES string of the molecule is [B]C(=O)N(CCOc1cc2c(c(OCOC)c1)C(=O)O[C@@H](C)[C@H](C)/C=C\C(O)C1OC(C)(C)O[C@H]1C/C=C/2)Cc1nccn1C([B])=O. The Morgan fingerprint density at radius 1 is 1.17 bits per heavy atom. The van der Waals surface area contributed by atoms with Crippen molar-refractivity contribution >= 4 is 39.4 Å². The molecule has 1 aromatic carbocycles. The molecule has 2 aliphatic heterocycles. The Morgan fingerprint density at radius 2 is 1.94 bits per heavy atom. The molecule has 248 valence electrons. The minimum Gasteiger partial charge on any atom is -0.492 e. The number of carbonyl (C=O) groups excluding carboxylic acids is 3. The highest BCUT2D eigenvalue weighted by Gasteiger charge is 2.43. The van der Waals surface area contributed by atoms with Crippen molar-refractivity contribution in [2.24, 2.45) is 5.92 Å². The monoisotopic (exact) mass is 647 g/mol. The Morgan fingerprint density at radius 3 is 2.64 bits per heavy atom. The average Bonchev–Trinajstić information content (AvgIpc) is 3.60. The van der Waals surface area contributed by atoms with Crippen molar-refractivity contribution in [1.82, 2.24) is 14.5 Å². The van der Waals surface area contributed by atoms with Crippen molar-refractivity contribution < 1.29 is 47.9 Å². The lowest BCUT2D eigenvalue weighted by molar-refractivity contribution is -0.152. The molecule has 0 aliphatic carbocycles. The van der Waals surface area contributed by atoms with Crippen LogP contribution in [0.25, 0.3) is 6.08 Å². The summed E-state index contributed by atoms with van der Waals surface area (Å²) in [4.78, 5) is 42.8. The number of hydrogen-bond donors (Lipinski definition) is 1. The summed E-state index contributed by atoms with van der Waals surface area (Å²) in [6.07, 6.45) is 7.48. The molecule has 1 N–H and O–H groups in total. The smallest absolute Gasteiger partial charge is 0.342 e. The predicted molar refractivity (Wildman–Crippen MR) is 171 cm³/mol. The number of amides is 1. The van der Waals surface area contributed by atoms with Gasteiger partial charge in [0.25, 0.3) is 0 Å². The van der Waals surface area contributed by atoms with Crippen LogP contribution in [0.2, 0.25) is 0 Å². The summed E-state index contributed by atoms with van der Waals surface area (Å²) in [5.74, 6) is -2.58. The number of aliphatic hydroxyl groups excluding tert-OH is 1. The molecule has 1 saturated heterocycles. The zero-order valence-corrected chi connectivity index (χ0v) is 27.2. The number of carbonyl (C=O) groups is 3. The van der Waals surface area contributed by atoms with Gasteiger partial charge in [0.05, 0.1) is 19.2 Å². The van der Waals surface area contributed by atoms with Crippen molar-refractivity contribution in [1.29, 1.82) is 0 Å². The van der Waals surface area contributed by atoms with E-state index in [-0.39, 0.29) is 49.5 Å². The third-order valence-electron chi connectivity index (χ3n) is 7.74. The van der Waals surface area contributed by atoms with Crippen molar-refractivity contribution in [3.63, 3.8) is 0 Å². The summed E-state index contributed by atoms with van der Waals surface area (Å²) in [7, 11) is 12.4.